The highest BCUT2D eigenvalue weighted by Gasteiger charge is 2.54. The number of thioether (sulfide) groups is 1. The molecule has 0 bridgehead atoms. The van der Waals surface area contributed by atoms with Crippen molar-refractivity contribution in [2.75, 3.05) is 19.0 Å². The topological polar surface area (TPSA) is 177 Å². The molecule has 7 unspecified atom stereocenters. The lowest BCUT2D eigenvalue weighted by molar-refractivity contribution is 0.0980. The van der Waals surface area contributed by atoms with Gasteiger partial charge < -0.3 is 10.4 Å². The van der Waals surface area contributed by atoms with Crippen molar-refractivity contribution >= 4 is 32.3 Å². The number of hydrogen-bond donors (Lipinski definition) is 5. The monoisotopic (exact) mass is 553 g/mol. The average Bonchev–Trinajstić information content (AvgIpc) is 3.48. The van der Waals surface area contributed by atoms with E-state index in [-0.39, 0.29) is 47.9 Å². The zero-order chi connectivity index (χ0) is 25.0. The van der Waals surface area contributed by atoms with Crippen LogP contribution >= 0.6 is 11.8 Å². The van der Waals surface area contributed by atoms with Crippen molar-refractivity contribution in [3.8, 4) is 0 Å². The molecule has 0 aromatic heterocycles. The molecule has 2 aliphatic heterocycles. The van der Waals surface area contributed by atoms with Gasteiger partial charge in [0, 0.05) is 24.7 Å². The Hall–Kier alpha value is -0.0300. The van der Waals surface area contributed by atoms with Crippen molar-refractivity contribution in [2.24, 2.45) is 39.9 Å². The predicted molar refractivity (Wildman–Crippen MR) is 133 cm³/mol. The van der Waals surface area contributed by atoms with Crippen molar-refractivity contribution in [3.05, 3.63) is 0 Å². The summed E-state index contributed by atoms with van der Waals surface area (Å²) >= 11 is 1.77. The molecule has 0 radical (unpaired) electrons. The van der Waals surface area contributed by atoms with Gasteiger partial charge in [-0.1, -0.05) is 19.3 Å². The Balaban J connectivity index is 1.31. The fourth-order valence-electron chi connectivity index (χ4n) is 7.72. The first-order chi connectivity index (χ1) is 16.5. The van der Waals surface area contributed by atoms with E-state index in [1.165, 1.54) is 12.8 Å². The van der Waals surface area contributed by atoms with Crippen molar-refractivity contribution in [1.82, 2.24) is 14.9 Å². The minimum atomic E-state index is -4.05. The van der Waals surface area contributed by atoms with Crippen LogP contribution in [-0.4, -0.2) is 74.9 Å². The summed E-state index contributed by atoms with van der Waals surface area (Å²) in [5.74, 6) is 1.94. The fraction of sp³-hybridized carbons (Fsp3) is 1.00. The Morgan fingerprint density at radius 2 is 1.74 bits per heavy atom. The van der Waals surface area contributed by atoms with Crippen molar-refractivity contribution in [1.29, 1.82) is 0 Å². The van der Waals surface area contributed by atoms with Crippen LogP contribution in [-0.2, 0) is 24.7 Å². The smallest absolute Gasteiger partial charge is 0.333 e. The normalized spacial score (nSPS) is 44.5. The fourth-order valence-corrected chi connectivity index (χ4v) is 11.2. The Bertz CT molecular complexity index is 984. The molecule has 202 valence electrons. The van der Waals surface area contributed by atoms with Gasteiger partial charge in [0.2, 0.25) is 0 Å². The molecular formula is C21H39N5O6S3. The van der Waals surface area contributed by atoms with E-state index in [0.717, 1.165) is 31.4 Å². The number of hydrogen-bond acceptors (Lipinski definition) is 9. The Morgan fingerprint density at radius 3 is 2.49 bits per heavy atom. The average molecular weight is 554 g/mol. The second kappa shape index (κ2) is 10.3. The summed E-state index contributed by atoms with van der Waals surface area (Å²) in [6, 6.07) is 0.0217. The molecule has 5 fully saturated rings. The lowest BCUT2D eigenvalue weighted by Crippen LogP contribution is -2.69. The van der Waals surface area contributed by atoms with Crippen LogP contribution in [0, 0.1) is 29.6 Å². The molecule has 2 heterocycles. The molecule has 0 aromatic carbocycles. The SMILES string of the molecule is NS(=O)(=O)OC[C@@H]1C[C@@H](C2CSC3C2NCNC3N(C2CCC3CCCCC32)S(N)(=O)=O)C[C@@H]1O. The molecule has 5 rings (SSSR count). The van der Waals surface area contributed by atoms with Gasteiger partial charge in [-0.3, -0.25) is 9.50 Å². The van der Waals surface area contributed by atoms with Gasteiger partial charge in [0.15, 0.2) is 0 Å². The summed E-state index contributed by atoms with van der Waals surface area (Å²) in [5.41, 5.74) is 0. The molecule has 11 nitrogen and oxygen atoms in total. The van der Waals surface area contributed by atoms with E-state index >= 15 is 0 Å². The zero-order valence-corrected chi connectivity index (χ0v) is 22.3. The van der Waals surface area contributed by atoms with Crippen LogP contribution in [0.4, 0.5) is 0 Å². The predicted octanol–water partition coefficient (Wildman–Crippen LogP) is -0.355. The van der Waals surface area contributed by atoms with Crippen LogP contribution in [0.2, 0.25) is 0 Å². The third-order valence-electron chi connectivity index (χ3n) is 9.19. The zero-order valence-electron chi connectivity index (χ0n) is 19.9. The van der Waals surface area contributed by atoms with Crippen molar-refractivity contribution < 1.29 is 26.1 Å². The minimum Gasteiger partial charge on any atom is -0.393 e. The molecule has 5 aliphatic rings. The van der Waals surface area contributed by atoms with Gasteiger partial charge in [0.1, 0.15) is 0 Å². The number of nitrogens with zero attached hydrogens (tertiary/aromatic N) is 1. The maximum absolute atomic E-state index is 13.0. The summed E-state index contributed by atoms with van der Waals surface area (Å²) in [6.07, 6.45) is 6.76. The summed E-state index contributed by atoms with van der Waals surface area (Å²) in [6.45, 7) is 0.370. The largest absolute Gasteiger partial charge is 0.393 e. The van der Waals surface area contributed by atoms with Gasteiger partial charge in [-0.25, -0.2) is 10.3 Å². The molecule has 3 saturated carbocycles. The van der Waals surface area contributed by atoms with Gasteiger partial charge in [-0.15, -0.1) is 0 Å². The number of nitrogens with one attached hydrogen (secondary N) is 2. The van der Waals surface area contributed by atoms with Crippen molar-refractivity contribution in [3.63, 3.8) is 0 Å². The third kappa shape index (κ3) is 5.57. The van der Waals surface area contributed by atoms with E-state index in [1.54, 1.807) is 16.1 Å². The second-order valence-electron chi connectivity index (χ2n) is 11.1. The first kappa shape index (κ1) is 26.6. The van der Waals surface area contributed by atoms with E-state index in [0.29, 0.717) is 31.3 Å². The third-order valence-corrected chi connectivity index (χ3v) is 12.3. The lowest BCUT2D eigenvalue weighted by atomic mass is 9.80. The first-order valence-corrected chi connectivity index (χ1v) is 16.8. The number of rotatable bonds is 7. The van der Waals surface area contributed by atoms with Crippen molar-refractivity contribution in [2.45, 2.75) is 81.0 Å². The van der Waals surface area contributed by atoms with Gasteiger partial charge in [0.05, 0.1) is 24.1 Å². The number of aliphatic hydroxyl groups excluding tert-OH is 1. The maximum atomic E-state index is 13.0. The Kier molecular flexibility index (Phi) is 7.80. The van der Waals surface area contributed by atoms with E-state index < -0.39 is 26.6 Å². The summed E-state index contributed by atoms with van der Waals surface area (Å²) in [4.78, 5) is 0. The number of aliphatic hydroxyl groups is 1. The molecule has 0 spiro atoms. The summed E-state index contributed by atoms with van der Waals surface area (Å²) in [7, 11) is -7.96. The van der Waals surface area contributed by atoms with E-state index in [2.05, 4.69) is 10.6 Å². The number of nitrogens with two attached hydrogens (primary N) is 2. The molecular weight excluding hydrogens is 514 g/mol. The highest BCUT2D eigenvalue weighted by atomic mass is 32.2. The molecule has 3 aliphatic carbocycles. The van der Waals surface area contributed by atoms with Crippen LogP contribution in [0.1, 0.15) is 51.4 Å². The Morgan fingerprint density at radius 1 is 0.971 bits per heavy atom. The summed E-state index contributed by atoms with van der Waals surface area (Å²) in [5, 5.41) is 28.4. The molecule has 0 amide bonds. The van der Waals surface area contributed by atoms with E-state index in [9.17, 15) is 21.9 Å². The van der Waals surface area contributed by atoms with Gasteiger partial charge in [0.25, 0.3) is 10.2 Å². The van der Waals surface area contributed by atoms with Gasteiger partial charge in [-0.2, -0.15) is 32.9 Å². The molecule has 2 saturated heterocycles. The quantitative estimate of drug-likeness (QED) is 0.282. The molecule has 14 heteroatoms. The van der Waals surface area contributed by atoms with E-state index in [4.69, 9.17) is 14.5 Å². The molecule has 35 heavy (non-hydrogen) atoms. The molecule has 10 atom stereocenters. The molecule has 7 N–H and O–H groups in total. The lowest BCUT2D eigenvalue weighted by Gasteiger charge is -2.46. The highest BCUT2D eigenvalue weighted by Crippen LogP contribution is 2.49. The minimum absolute atomic E-state index is 0.00609. The molecule has 0 aromatic rings. The van der Waals surface area contributed by atoms with Gasteiger partial charge >= 0.3 is 10.3 Å². The van der Waals surface area contributed by atoms with Crippen LogP contribution in [0.25, 0.3) is 0 Å². The highest BCUT2D eigenvalue weighted by molar-refractivity contribution is 8.00. The summed E-state index contributed by atoms with van der Waals surface area (Å²) < 4.78 is 54.7. The van der Waals surface area contributed by atoms with E-state index in [1.807, 2.05) is 0 Å². The second-order valence-corrected chi connectivity index (χ2v) is 15.0. The van der Waals surface area contributed by atoms with Crippen LogP contribution in [0.15, 0.2) is 0 Å². The van der Waals surface area contributed by atoms with Crippen LogP contribution in [0.3, 0.4) is 0 Å². The standard InChI is InChI=1S/C21H39N5O6S3/c22-34(28,29)26(17-6-5-12-3-1-2-4-15(12)17)21-20-19(24-11-25-21)16(10-33-20)13-7-14(18(27)8-13)9-32-35(23,30)31/h12-21,24-25,27H,1-11H2,(H2,22,28,29)(H2,23,30,31)/t12?,13-,14+,15?,16?,17?,18+,19?,20?,21?/m1/s1. The van der Waals surface area contributed by atoms with Crippen LogP contribution < -0.4 is 20.9 Å². The first-order valence-electron chi connectivity index (χ1n) is 12.8. The maximum Gasteiger partial charge on any atom is 0.333 e. The van der Waals surface area contributed by atoms with Crippen LogP contribution in [0.5, 0.6) is 0 Å². The Labute approximate surface area is 212 Å². The number of fused-ring (bicyclic) bond motifs is 2. The van der Waals surface area contributed by atoms with Gasteiger partial charge in [-0.05, 0) is 61.5 Å².